The van der Waals surface area contributed by atoms with Crippen molar-refractivity contribution >= 4 is 18.2 Å². The zero-order valence-electron chi connectivity index (χ0n) is 20.1. The normalized spacial score (nSPS) is 24.6. The van der Waals surface area contributed by atoms with Crippen molar-refractivity contribution in [3.63, 3.8) is 0 Å². The van der Waals surface area contributed by atoms with Gasteiger partial charge in [0.05, 0.1) is 22.9 Å². The highest BCUT2D eigenvalue weighted by Gasteiger charge is 2.47. The molecule has 0 unspecified atom stereocenters. The maximum Gasteiger partial charge on any atom is 0.191 e. The van der Waals surface area contributed by atoms with Crippen LogP contribution in [0.5, 0.6) is 0 Å². The Balaban J connectivity index is 2.13. The monoisotopic (exact) mass is 456 g/mol. The zero-order chi connectivity index (χ0) is 23.0. The number of rotatable bonds is 8. The topological polar surface area (TPSA) is 61.8 Å². The average molecular weight is 457 g/mol. The summed E-state index contributed by atoms with van der Waals surface area (Å²) in [5.41, 5.74) is 0. The highest BCUT2D eigenvalue weighted by Crippen LogP contribution is 2.39. The molecule has 1 fully saturated rings. The van der Waals surface area contributed by atoms with Crippen molar-refractivity contribution < 1.29 is 22.3 Å². The summed E-state index contributed by atoms with van der Waals surface area (Å²) in [6, 6.07) is 8.60. The Morgan fingerprint density at radius 3 is 2.03 bits per heavy atom. The summed E-state index contributed by atoms with van der Waals surface area (Å²) in [6.07, 6.45) is -0.526. The Hall–Kier alpha value is -0.733. The van der Waals surface area contributed by atoms with Crippen molar-refractivity contribution in [3.05, 3.63) is 30.3 Å². The van der Waals surface area contributed by atoms with Crippen LogP contribution >= 0.6 is 0 Å². The summed E-state index contributed by atoms with van der Waals surface area (Å²) in [7, 11) is -5.28. The van der Waals surface area contributed by atoms with Crippen LogP contribution in [0.3, 0.4) is 0 Å². The first-order valence-corrected chi connectivity index (χ1v) is 15.4. The first kappa shape index (κ1) is 25.5. The van der Waals surface area contributed by atoms with E-state index in [2.05, 4.69) is 40.8 Å². The minimum atomic E-state index is -3.40. The van der Waals surface area contributed by atoms with E-state index in [0.29, 0.717) is 11.5 Å². The van der Waals surface area contributed by atoms with E-state index in [-0.39, 0.29) is 34.8 Å². The van der Waals surface area contributed by atoms with Crippen LogP contribution in [0.1, 0.15) is 48.5 Å². The van der Waals surface area contributed by atoms with E-state index < -0.39 is 23.9 Å². The van der Waals surface area contributed by atoms with Gasteiger partial charge in [0, 0.05) is 12.5 Å². The molecule has 5 nitrogen and oxygen atoms in total. The summed E-state index contributed by atoms with van der Waals surface area (Å²) in [6.45, 7) is 19.5. The van der Waals surface area contributed by atoms with E-state index in [1.165, 1.54) is 0 Å². The molecule has 0 aromatic heterocycles. The second-order valence-corrected chi connectivity index (χ2v) is 17.5. The maximum atomic E-state index is 12.9. The lowest BCUT2D eigenvalue weighted by molar-refractivity contribution is -0.153. The Morgan fingerprint density at radius 2 is 1.53 bits per heavy atom. The SMILES string of the molecule is C[C@@H](CO[Si](C)(C)C(C)(C)C)[C@@H]1OC(C)(C)O[C@H]1[C@@H](C)CS(=O)(=O)c1ccccc1. The van der Waals surface area contributed by atoms with Crippen LogP contribution in [0.15, 0.2) is 35.2 Å². The second-order valence-electron chi connectivity index (χ2n) is 10.7. The fourth-order valence-corrected chi connectivity index (χ4v) is 6.27. The van der Waals surface area contributed by atoms with Gasteiger partial charge < -0.3 is 13.9 Å². The van der Waals surface area contributed by atoms with Crippen molar-refractivity contribution in [2.24, 2.45) is 11.8 Å². The minimum absolute atomic E-state index is 0.0213. The second kappa shape index (κ2) is 9.02. The van der Waals surface area contributed by atoms with Gasteiger partial charge in [-0.1, -0.05) is 52.8 Å². The number of ether oxygens (including phenoxy) is 2. The molecule has 0 amide bonds. The number of sulfone groups is 1. The Labute approximate surface area is 184 Å². The quantitative estimate of drug-likeness (QED) is 0.498. The molecule has 30 heavy (non-hydrogen) atoms. The summed E-state index contributed by atoms with van der Waals surface area (Å²) in [4.78, 5) is 0.348. The molecule has 2 rings (SSSR count). The number of hydrogen-bond donors (Lipinski definition) is 0. The fraction of sp³-hybridized carbons (Fsp3) is 0.739. The molecule has 1 aromatic rings. The van der Waals surface area contributed by atoms with Crippen LogP contribution in [-0.2, 0) is 23.7 Å². The first-order chi connectivity index (χ1) is 13.6. The molecule has 0 aliphatic carbocycles. The lowest BCUT2D eigenvalue weighted by Crippen LogP contribution is -2.44. The molecule has 7 heteroatoms. The van der Waals surface area contributed by atoms with Crippen LogP contribution in [0, 0.1) is 11.8 Å². The molecule has 0 bridgehead atoms. The lowest BCUT2D eigenvalue weighted by Gasteiger charge is -2.38. The molecular formula is C23H40O5SSi. The van der Waals surface area contributed by atoms with Crippen molar-refractivity contribution in [1.82, 2.24) is 0 Å². The predicted molar refractivity (Wildman–Crippen MR) is 124 cm³/mol. The average Bonchev–Trinajstić information content (AvgIpc) is 2.95. The first-order valence-electron chi connectivity index (χ1n) is 10.8. The van der Waals surface area contributed by atoms with Gasteiger partial charge in [-0.25, -0.2) is 8.42 Å². The predicted octanol–water partition coefficient (Wildman–Crippen LogP) is 5.27. The molecule has 1 aliphatic rings. The molecule has 1 aromatic carbocycles. The molecule has 0 spiro atoms. The van der Waals surface area contributed by atoms with Gasteiger partial charge in [-0.3, -0.25) is 0 Å². The number of hydrogen-bond acceptors (Lipinski definition) is 5. The zero-order valence-corrected chi connectivity index (χ0v) is 21.9. The third kappa shape index (κ3) is 6.16. The van der Waals surface area contributed by atoms with Crippen molar-refractivity contribution in [2.45, 2.75) is 89.5 Å². The van der Waals surface area contributed by atoms with Crippen LogP contribution in [-0.4, -0.2) is 47.1 Å². The molecule has 0 saturated carbocycles. The third-order valence-corrected chi connectivity index (χ3v) is 12.8. The van der Waals surface area contributed by atoms with Gasteiger partial charge in [0.15, 0.2) is 23.9 Å². The molecule has 1 saturated heterocycles. The van der Waals surface area contributed by atoms with Crippen LogP contribution < -0.4 is 0 Å². The van der Waals surface area contributed by atoms with Gasteiger partial charge in [-0.15, -0.1) is 0 Å². The van der Waals surface area contributed by atoms with Gasteiger partial charge in [-0.05, 0) is 50.0 Å². The standard InChI is InChI=1S/C23H40O5SSi/c1-17(15-26-30(8,9)22(3,4)5)20-21(28-23(6,7)27-20)18(2)16-29(24,25)19-13-11-10-12-14-19/h10-14,17-18,20-21H,15-16H2,1-9H3/t17-,18-,20-,21-/m0/s1. The highest BCUT2D eigenvalue weighted by molar-refractivity contribution is 7.91. The van der Waals surface area contributed by atoms with Crippen molar-refractivity contribution in [2.75, 3.05) is 12.4 Å². The summed E-state index contributed by atoms with van der Waals surface area (Å²) < 4.78 is 44.6. The van der Waals surface area contributed by atoms with Gasteiger partial charge in [0.25, 0.3) is 0 Å². The molecular weight excluding hydrogens is 416 g/mol. The van der Waals surface area contributed by atoms with Gasteiger partial charge >= 0.3 is 0 Å². The smallest absolute Gasteiger partial charge is 0.191 e. The molecule has 1 heterocycles. The van der Waals surface area contributed by atoms with Crippen molar-refractivity contribution in [3.8, 4) is 0 Å². The molecule has 1 aliphatic heterocycles. The van der Waals surface area contributed by atoms with Gasteiger partial charge in [0.2, 0.25) is 0 Å². The van der Waals surface area contributed by atoms with Gasteiger partial charge in [0.1, 0.15) is 0 Å². The summed E-state index contributed by atoms with van der Waals surface area (Å²) in [5, 5.41) is 0.134. The largest absolute Gasteiger partial charge is 0.416 e. The summed E-state index contributed by atoms with van der Waals surface area (Å²) >= 11 is 0. The van der Waals surface area contributed by atoms with E-state index >= 15 is 0 Å². The van der Waals surface area contributed by atoms with E-state index in [1.807, 2.05) is 26.8 Å². The van der Waals surface area contributed by atoms with E-state index in [0.717, 1.165) is 0 Å². The van der Waals surface area contributed by atoms with Crippen LogP contribution in [0.4, 0.5) is 0 Å². The fourth-order valence-electron chi connectivity index (χ4n) is 3.51. The minimum Gasteiger partial charge on any atom is -0.416 e. The van der Waals surface area contributed by atoms with E-state index in [1.54, 1.807) is 24.3 Å². The van der Waals surface area contributed by atoms with E-state index in [4.69, 9.17) is 13.9 Å². The van der Waals surface area contributed by atoms with Gasteiger partial charge in [-0.2, -0.15) is 0 Å². The van der Waals surface area contributed by atoms with Crippen molar-refractivity contribution in [1.29, 1.82) is 0 Å². The third-order valence-electron chi connectivity index (χ3n) is 6.38. The highest BCUT2D eigenvalue weighted by atomic mass is 32.2. The number of benzene rings is 1. The Morgan fingerprint density at radius 1 is 1.03 bits per heavy atom. The molecule has 4 atom stereocenters. The van der Waals surface area contributed by atoms with E-state index in [9.17, 15) is 8.42 Å². The summed E-state index contributed by atoms with van der Waals surface area (Å²) in [5.74, 6) is -0.844. The molecule has 0 N–H and O–H groups in total. The maximum absolute atomic E-state index is 12.9. The van der Waals surface area contributed by atoms with Crippen LogP contribution in [0.2, 0.25) is 18.1 Å². The Kier molecular flexibility index (Phi) is 7.68. The molecule has 172 valence electrons. The lowest BCUT2D eigenvalue weighted by atomic mass is 9.93. The molecule has 0 radical (unpaired) electrons. The Bertz CT molecular complexity index is 799. The van der Waals surface area contributed by atoms with Crippen LogP contribution in [0.25, 0.3) is 0 Å².